The van der Waals surface area contributed by atoms with Crippen LogP contribution in [-0.2, 0) is 24.7 Å². The lowest BCUT2D eigenvalue weighted by atomic mass is 10.2. The Morgan fingerprint density at radius 3 is 2.13 bits per heavy atom. The van der Waals surface area contributed by atoms with Crippen molar-refractivity contribution in [2.75, 3.05) is 17.9 Å². The smallest absolute Gasteiger partial charge is 0.307 e. The molecule has 90 valence electrons. The molecule has 1 unspecified atom stereocenters. The zero-order valence-corrected chi connectivity index (χ0v) is 9.93. The third-order valence-corrected chi connectivity index (χ3v) is 4.96. The van der Waals surface area contributed by atoms with E-state index in [1.165, 1.54) is 6.92 Å². The summed E-state index contributed by atoms with van der Waals surface area (Å²) in [4.78, 5) is 10.3. The molecule has 9 heteroatoms. The number of nitrogens with one attached hydrogen (secondary N) is 1. The molecule has 0 aliphatic rings. The lowest BCUT2D eigenvalue weighted by molar-refractivity contribution is -0.140. The predicted molar refractivity (Wildman–Crippen MR) is 53.4 cm³/mol. The van der Waals surface area contributed by atoms with Gasteiger partial charge in [0.15, 0.2) is 14.9 Å². The summed E-state index contributed by atoms with van der Waals surface area (Å²) in [6.45, 7) is 0.985. The number of hydrogen-bond acceptors (Lipinski definition) is 5. The molecule has 0 aromatic carbocycles. The quantitative estimate of drug-likeness (QED) is 0.607. The highest BCUT2D eigenvalue weighted by Gasteiger charge is 2.20. The second-order valence-electron chi connectivity index (χ2n) is 3.25. The zero-order chi connectivity index (χ0) is 12.3. The minimum atomic E-state index is -3.97. The largest absolute Gasteiger partial charge is 0.481 e. The minimum Gasteiger partial charge on any atom is -0.481 e. The minimum absolute atomic E-state index is 0.326. The Balaban J connectivity index is 4.36. The van der Waals surface area contributed by atoms with Gasteiger partial charge in [-0.25, -0.2) is 21.6 Å². The molecule has 0 fully saturated rings. The van der Waals surface area contributed by atoms with Gasteiger partial charge in [-0.3, -0.25) is 4.79 Å². The molecule has 0 spiro atoms. The summed E-state index contributed by atoms with van der Waals surface area (Å²) >= 11 is 0. The first-order valence-electron chi connectivity index (χ1n) is 3.91. The predicted octanol–water partition coefficient (Wildman–Crippen LogP) is -1.37. The average molecular weight is 259 g/mol. The van der Waals surface area contributed by atoms with Crippen LogP contribution in [0.4, 0.5) is 0 Å². The number of carboxylic acids is 1. The van der Waals surface area contributed by atoms with Crippen molar-refractivity contribution in [2.45, 2.75) is 6.92 Å². The van der Waals surface area contributed by atoms with Gasteiger partial charge in [0.05, 0.1) is 5.92 Å². The van der Waals surface area contributed by atoms with Crippen molar-refractivity contribution >= 4 is 25.8 Å². The van der Waals surface area contributed by atoms with Crippen molar-refractivity contribution in [2.24, 2.45) is 5.92 Å². The summed E-state index contributed by atoms with van der Waals surface area (Å²) in [5.41, 5.74) is 0. The number of sulfonamides is 1. The molecule has 15 heavy (non-hydrogen) atoms. The highest BCUT2D eigenvalue weighted by atomic mass is 32.3. The Morgan fingerprint density at radius 2 is 1.80 bits per heavy atom. The SMILES string of the molecule is CC(CNS(=O)(=O)CS(C)(=O)=O)C(=O)O. The van der Waals surface area contributed by atoms with Crippen LogP contribution in [0.3, 0.4) is 0 Å². The maximum Gasteiger partial charge on any atom is 0.307 e. The Kier molecular flexibility index (Phi) is 4.68. The second kappa shape index (κ2) is 4.90. The molecule has 0 bridgehead atoms. The van der Waals surface area contributed by atoms with E-state index in [4.69, 9.17) is 5.11 Å². The Labute approximate surface area is 88.5 Å². The van der Waals surface area contributed by atoms with Crippen molar-refractivity contribution < 1.29 is 26.7 Å². The topological polar surface area (TPSA) is 118 Å². The fourth-order valence-electron chi connectivity index (χ4n) is 0.663. The first kappa shape index (κ1) is 14.3. The van der Waals surface area contributed by atoms with Gasteiger partial charge < -0.3 is 5.11 Å². The number of rotatable bonds is 6. The average Bonchev–Trinajstić information content (AvgIpc) is 1.95. The van der Waals surface area contributed by atoms with Crippen LogP contribution >= 0.6 is 0 Å². The maximum atomic E-state index is 11.1. The molecule has 0 saturated heterocycles. The van der Waals surface area contributed by atoms with Gasteiger partial charge in [-0.05, 0) is 0 Å². The van der Waals surface area contributed by atoms with Gasteiger partial charge in [0.25, 0.3) is 0 Å². The van der Waals surface area contributed by atoms with Gasteiger partial charge in [-0.2, -0.15) is 0 Å². The van der Waals surface area contributed by atoms with E-state index in [-0.39, 0.29) is 6.54 Å². The Morgan fingerprint density at radius 1 is 1.33 bits per heavy atom. The van der Waals surface area contributed by atoms with Crippen LogP contribution in [0.1, 0.15) is 6.92 Å². The zero-order valence-electron chi connectivity index (χ0n) is 8.30. The number of carboxylic acid groups (broad SMARTS) is 1. The number of sulfone groups is 1. The molecular weight excluding hydrogens is 246 g/mol. The van der Waals surface area contributed by atoms with E-state index >= 15 is 0 Å². The van der Waals surface area contributed by atoms with E-state index in [0.29, 0.717) is 0 Å². The summed E-state index contributed by atoms with van der Waals surface area (Å²) in [5, 5.41) is 7.42. The summed E-state index contributed by atoms with van der Waals surface area (Å²) in [7, 11) is -7.62. The molecule has 0 aromatic rings. The first-order chi connectivity index (χ1) is 6.53. The van der Waals surface area contributed by atoms with Crippen molar-refractivity contribution in [3.63, 3.8) is 0 Å². The highest BCUT2D eigenvalue weighted by Crippen LogP contribution is 1.96. The fraction of sp³-hybridized carbons (Fsp3) is 0.833. The number of aliphatic carboxylic acids is 1. The van der Waals surface area contributed by atoms with Gasteiger partial charge in [0.1, 0.15) is 0 Å². The normalized spacial score (nSPS) is 14.8. The fourth-order valence-corrected chi connectivity index (χ4v) is 3.75. The van der Waals surface area contributed by atoms with Gasteiger partial charge in [0, 0.05) is 12.8 Å². The molecule has 1 atom stereocenters. The molecule has 0 heterocycles. The van der Waals surface area contributed by atoms with Crippen LogP contribution in [-0.4, -0.2) is 45.8 Å². The Hall–Kier alpha value is -0.670. The molecule has 7 nitrogen and oxygen atoms in total. The van der Waals surface area contributed by atoms with Crippen LogP contribution in [0.25, 0.3) is 0 Å². The van der Waals surface area contributed by atoms with Gasteiger partial charge in [-0.15, -0.1) is 0 Å². The summed E-state index contributed by atoms with van der Waals surface area (Å²) < 4.78 is 45.5. The van der Waals surface area contributed by atoms with E-state index in [1.807, 2.05) is 4.72 Å². The first-order valence-corrected chi connectivity index (χ1v) is 7.62. The standard InChI is InChI=1S/C6H13NO6S2/c1-5(6(8)9)3-7-15(12,13)4-14(2,10)11/h5,7H,3-4H2,1-2H3,(H,8,9). The highest BCUT2D eigenvalue weighted by molar-refractivity contribution is 8.06. The van der Waals surface area contributed by atoms with Crippen LogP contribution in [0, 0.1) is 5.92 Å². The van der Waals surface area contributed by atoms with Gasteiger partial charge in [-0.1, -0.05) is 6.92 Å². The summed E-state index contributed by atoms with van der Waals surface area (Å²) in [6.07, 6.45) is 0.785. The monoisotopic (exact) mass is 259 g/mol. The number of hydrogen-bond donors (Lipinski definition) is 2. The van der Waals surface area contributed by atoms with E-state index in [9.17, 15) is 21.6 Å². The third kappa shape index (κ3) is 7.28. The molecule has 0 aliphatic carbocycles. The number of carbonyl (C=O) groups is 1. The Bertz CT molecular complexity index is 423. The molecule has 0 rings (SSSR count). The van der Waals surface area contributed by atoms with Crippen molar-refractivity contribution in [3.8, 4) is 0 Å². The lowest BCUT2D eigenvalue weighted by Gasteiger charge is -2.08. The van der Waals surface area contributed by atoms with E-state index in [2.05, 4.69) is 0 Å². The van der Waals surface area contributed by atoms with Crippen LogP contribution in [0.2, 0.25) is 0 Å². The van der Waals surface area contributed by atoms with Crippen LogP contribution in [0.15, 0.2) is 0 Å². The van der Waals surface area contributed by atoms with E-state index in [1.54, 1.807) is 0 Å². The van der Waals surface area contributed by atoms with E-state index < -0.39 is 36.8 Å². The van der Waals surface area contributed by atoms with Gasteiger partial charge in [0.2, 0.25) is 10.0 Å². The van der Waals surface area contributed by atoms with Crippen molar-refractivity contribution in [3.05, 3.63) is 0 Å². The summed E-state index contributed by atoms with van der Waals surface area (Å²) in [5.74, 6) is -2.06. The van der Waals surface area contributed by atoms with Crippen LogP contribution < -0.4 is 4.72 Å². The lowest BCUT2D eigenvalue weighted by Crippen LogP contribution is -2.34. The van der Waals surface area contributed by atoms with Gasteiger partial charge >= 0.3 is 5.97 Å². The third-order valence-electron chi connectivity index (χ3n) is 1.40. The molecule has 0 amide bonds. The summed E-state index contributed by atoms with van der Waals surface area (Å²) in [6, 6.07) is 0. The van der Waals surface area contributed by atoms with Crippen LogP contribution in [0.5, 0.6) is 0 Å². The molecule has 0 saturated carbocycles. The molecule has 0 aliphatic heterocycles. The molecule has 2 N–H and O–H groups in total. The van der Waals surface area contributed by atoms with E-state index in [0.717, 1.165) is 6.26 Å². The van der Waals surface area contributed by atoms with Crippen molar-refractivity contribution in [1.82, 2.24) is 4.72 Å². The molecular formula is C6H13NO6S2. The second-order valence-corrected chi connectivity index (χ2v) is 7.56. The molecule has 0 radical (unpaired) electrons. The van der Waals surface area contributed by atoms with Crippen molar-refractivity contribution in [1.29, 1.82) is 0 Å². The molecule has 0 aromatic heterocycles. The maximum absolute atomic E-state index is 11.1.